The van der Waals surface area contributed by atoms with Gasteiger partial charge in [0, 0.05) is 38.5 Å². The average molecular weight is 595 g/mol. The van der Waals surface area contributed by atoms with Gasteiger partial charge in [-0.3, -0.25) is 14.4 Å². The van der Waals surface area contributed by atoms with Gasteiger partial charge in [0.1, 0.15) is 18.2 Å². The number of likely N-dealkylation sites (N-methyl/N-ethyl adjacent to an activating group) is 1. The van der Waals surface area contributed by atoms with E-state index in [-0.39, 0.29) is 48.7 Å². The molecule has 2 aromatic rings. The lowest BCUT2D eigenvalue weighted by Gasteiger charge is -2.40. The number of carbonyl (C=O) groups is 3. The van der Waals surface area contributed by atoms with Crippen LogP contribution in [0.1, 0.15) is 39.0 Å². The Morgan fingerprint density at radius 1 is 1.14 bits per heavy atom. The third kappa shape index (κ3) is 5.04. The van der Waals surface area contributed by atoms with Gasteiger partial charge in [-0.25, -0.2) is 4.68 Å². The molecule has 6 atom stereocenters. The molecule has 4 heterocycles. The summed E-state index contributed by atoms with van der Waals surface area (Å²) in [5.41, 5.74) is 1.56. The molecule has 3 aliphatic rings. The first-order valence-electron chi connectivity index (χ1n) is 14.9. The summed E-state index contributed by atoms with van der Waals surface area (Å²) in [7, 11) is 1.76. The molecule has 1 spiro atoms. The first kappa shape index (κ1) is 30.3. The van der Waals surface area contributed by atoms with E-state index >= 15 is 0 Å². The number of aromatic nitrogens is 3. The third-order valence-electron chi connectivity index (χ3n) is 9.24. The molecule has 3 aliphatic heterocycles. The molecule has 42 heavy (non-hydrogen) atoms. The Morgan fingerprint density at radius 2 is 1.88 bits per heavy atom. The third-order valence-corrected chi connectivity index (χ3v) is 11.3. The Labute approximate surface area is 251 Å². The van der Waals surface area contributed by atoms with Gasteiger partial charge in [-0.15, -0.1) is 30.0 Å². The Hall–Kier alpha value is -3.18. The highest BCUT2D eigenvalue weighted by molar-refractivity contribution is 8.02. The standard InChI is InChI=1S/C31H42N6O4S/c1-5-15-34(4)28(39)25-24-19-21(3)31(42-24)26(25)29(40)36(17-11-7-8-12-18-38)27(31)30(41)35(16-6-2)20-37-23-14-10-9-13-22(23)32-33-37/h5-6,9-10,13-14,21,24-27,38H,1-2,7-8,11-12,15-20H2,3-4H3/t21?,24-,25+,26-,27?,31?/m0/s1. The Morgan fingerprint density at radius 3 is 2.62 bits per heavy atom. The van der Waals surface area contributed by atoms with E-state index in [4.69, 9.17) is 0 Å². The lowest BCUT2D eigenvalue weighted by atomic mass is 9.65. The van der Waals surface area contributed by atoms with Crippen molar-refractivity contribution in [3.8, 4) is 0 Å². The topological polar surface area (TPSA) is 112 Å². The fraction of sp³-hybridized carbons (Fsp3) is 0.581. The second-order valence-electron chi connectivity index (χ2n) is 11.8. The van der Waals surface area contributed by atoms with Crippen molar-refractivity contribution < 1.29 is 19.5 Å². The van der Waals surface area contributed by atoms with Gasteiger partial charge in [-0.1, -0.05) is 49.3 Å². The van der Waals surface area contributed by atoms with E-state index in [0.29, 0.717) is 19.5 Å². The highest BCUT2D eigenvalue weighted by Gasteiger charge is 2.76. The molecule has 3 fully saturated rings. The molecule has 3 amide bonds. The lowest BCUT2D eigenvalue weighted by molar-refractivity contribution is -0.144. The van der Waals surface area contributed by atoms with Gasteiger partial charge in [0.15, 0.2) is 0 Å². The van der Waals surface area contributed by atoms with E-state index in [1.165, 1.54) is 0 Å². The number of likely N-dealkylation sites (tertiary alicyclic amines) is 1. The number of nitrogens with zero attached hydrogens (tertiary/aromatic N) is 6. The Bertz CT molecular complexity index is 1350. The highest BCUT2D eigenvalue weighted by atomic mass is 32.2. The van der Waals surface area contributed by atoms with E-state index in [2.05, 4.69) is 30.4 Å². The molecule has 1 aromatic heterocycles. The number of fused-ring (bicyclic) bond motifs is 2. The van der Waals surface area contributed by atoms with Crippen LogP contribution >= 0.6 is 11.8 Å². The molecule has 0 radical (unpaired) electrons. The predicted octanol–water partition coefficient (Wildman–Crippen LogP) is 2.94. The maximum atomic E-state index is 14.7. The zero-order chi connectivity index (χ0) is 30.0. The summed E-state index contributed by atoms with van der Waals surface area (Å²) in [5.74, 6) is -1.22. The van der Waals surface area contributed by atoms with E-state index in [9.17, 15) is 19.5 Å². The van der Waals surface area contributed by atoms with Crippen molar-refractivity contribution in [2.45, 2.75) is 61.7 Å². The van der Waals surface area contributed by atoms with Gasteiger partial charge in [0.2, 0.25) is 17.7 Å². The zero-order valence-electron chi connectivity index (χ0n) is 24.6. The smallest absolute Gasteiger partial charge is 0.248 e. The molecular weight excluding hydrogens is 552 g/mol. The van der Waals surface area contributed by atoms with Crippen molar-refractivity contribution in [1.82, 2.24) is 29.7 Å². The second kappa shape index (κ2) is 12.6. The Balaban J connectivity index is 1.51. The summed E-state index contributed by atoms with van der Waals surface area (Å²) in [4.78, 5) is 48.0. The second-order valence-corrected chi connectivity index (χ2v) is 13.3. The minimum atomic E-state index is -0.699. The molecule has 3 unspecified atom stereocenters. The molecule has 2 bridgehead atoms. The van der Waals surface area contributed by atoms with E-state index in [1.807, 2.05) is 24.3 Å². The summed E-state index contributed by atoms with van der Waals surface area (Å²) in [6, 6.07) is 6.91. The van der Waals surface area contributed by atoms with Crippen molar-refractivity contribution in [3.63, 3.8) is 0 Å². The average Bonchev–Trinajstić information content (AvgIpc) is 3.70. The predicted molar refractivity (Wildman–Crippen MR) is 163 cm³/mol. The first-order valence-corrected chi connectivity index (χ1v) is 15.8. The van der Waals surface area contributed by atoms with Crippen molar-refractivity contribution in [2.75, 3.05) is 33.3 Å². The summed E-state index contributed by atoms with van der Waals surface area (Å²) in [6.07, 6.45) is 7.32. The first-order chi connectivity index (χ1) is 20.3. The molecule has 226 valence electrons. The summed E-state index contributed by atoms with van der Waals surface area (Å²) >= 11 is 1.69. The van der Waals surface area contributed by atoms with Gasteiger partial charge >= 0.3 is 0 Å². The molecule has 3 saturated heterocycles. The number of para-hydroxylation sites is 1. The van der Waals surface area contributed by atoms with Crippen LogP contribution in [0, 0.1) is 17.8 Å². The maximum Gasteiger partial charge on any atom is 0.248 e. The molecular formula is C31H42N6O4S. The maximum absolute atomic E-state index is 14.7. The minimum absolute atomic E-state index is 0.0113. The molecule has 11 heteroatoms. The number of aliphatic hydroxyl groups is 1. The molecule has 5 rings (SSSR count). The number of hydrogen-bond acceptors (Lipinski definition) is 7. The van der Waals surface area contributed by atoms with E-state index in [1.54, 1.807) is 50.3 Å². The SMILES string of the molecule is C=CCN(C)C(=O)[C@@H]1[C@@H]2CC(C)C3(S2)C(C(=O)N(CC=C)Cn2nnc4ccccc42)N(CCCCCCO)C(=O)[C@H]13. The van der Waals surface area contributed by atoms with Crippen molar-refractivity contribution in [2.24, 2.45) is 17.8 Å². The molecule has 1 N–H and O–H groups in total. The summed E-state index contributed by atoms with van der Waals surface area (Å²) in [6.45, 7) is 11.3. The van der Waals surface area contributed by atoms with Crippen LogP contribution in [0.2, 0.25) is 0 Å². The van der Waals surface area contributed by atoms with Crippen LogP contribution in [0.4, 0.5) is 0 Å². The number of aliphatic hydroxyl groups excluding tert-OH is 1. The zero-order valence-corrected chi connectivity index (χ0v) is 25.4. The van der Waals surface area contributed by atoms with Crippen molar-refractivity contribution in [3.05, 3.63) is 49.6 Å². The number of rotatable bonds is 14. The number of thioether (sulfide) groups is 1. The van der Waals surface area contributed by atoms with Gasteiger partial charge < -0.3 is 19.8 Å². The van der Waals surface area contributed by atoms with Crippen LogP contribution in [0.3, 0.4) is 0 Å². The van der Waals surface area contributed by atoms with Crippen LogP contribution in [0.5, 0.6) is 0 Å². The molecule has 0 aliphatic carbocycles. The Kier molecular flexibility index (Phi) is 9.08. The summed E-state index contributed by atoms with van der Waals surface area (Å²) in [5, 5.41) is 17.8. The minimum Gasteiger partial charge on any atom is -0.396 e. The number of hydrogen-bond donors (Lipinski definition) is 1. The van der Waals surface area contributed by atoms with Crippen LogP contribution in [0.25, 0.3) is 11.0 Å². The molecule has 0 saturated carbocycles. The normalized spacial score (nSPS) is 27.8. The number of amides is 3. The van der Waals surface area contributed by atoms with Crippen molar-refractivity contribution >= 4 is 40.5 Å². The van der Waals surface area contributed by atoms with E-state index in [0.717, 1.165) is 36.7 Å². The fourth-order valence-electron chi connectivity index (χ4n) is 7.34. The molecule has 10 nitrogen and oxygen atoms in total. The largest absolute Gasteiger partial charge is 0.396 e. The van der Waals surface area contributed by atoms with Crippen LogP contribution in [-0.2, 0) is 21.1 Å². The van der Waals surface area contributed by atoms with Crippen LogP contribution < -0.4 is 0 Å². The monoisotopic (exact) mass is 594 g/mol. The molecule has 1 aromatic carbocycles. The number of unbranched alkanes of at least 4 members (excludes halogenated alkanes) is 3. The van der Waals surface area contributed by atoms with Crippen LogP contribution in [0.15, 0.2) is 49.6 Å². The van der Waals surface area contributed by atoms with Crippen molar-refractivity contribution in [1.29, 1.82) is 0 Å². The van der Waals surface area contributed by atoms with Gasteiger partial charge in [-0.05, 0) is 37.3 Å². The fourth-order valence-corrected chi connectivity index (χ4v) is 9.75. The highest BCUT2D eigenvalue weighted by Crippen LogP contribution is 2.68. The lowest BCUT2D eigenvalue weighted by Crippen LogP contribution is -2.57. The van der Waals surface area contributed by atoms with Gasteiger partial charge in [0.25, 0.3) is 0 Å². The van der Waals surface area contributed by atoms with Gasteiger partial charge in [-0.2, -0.15) is 0 Å². The number of carbonyl (C=O) groups excluding carboxylic acids is 3. The summed E-state index contributed by atoms with van der Waals surface area (Å²) < 4.78 is 1.02. The van der Waals surface area contributed by atoms with Gasteiger partial charge in [0.05, 0.1) is 22.1 Å². The van der Waals surface area contributed by atoms with E-state index < -0.39 is 22.6 Å². The quantitative estimate of drug-likeness (QED) is 0.264. The number of benzene rings is 1. The van der Waals surface area contributed by atoms with Crippen LogP contribution in [-0.4, -0.2) is 102 Å².